The molecule has 0 unspecified atom stereocenters. The second kappa shape index (κ2) is 7.09. The standard InChI is InChI=1S/C13H19ClN4S/c1-10-5-2-3-7-18(10)8-4-6-16-13-11(9-15)12(14)17-19-13/h10,16H,2-8H2,1H3/t10-/m0/s1. The Hall–Kier alpha value is -0.830. The molecule has 2 heterocycles. The lowest BCUT2D eigenvalue weighted by Gasteiger charge is -2.33. The molecule has 0 aliphatic carbocycles. The van der Waals surface area contributed by atoms with Gasteiger partial charge in [0.15, 0.2) is 5.15 Å². The number of nitrogens with zero attached hydrogens (tertiary/aromatic N) is 3. The van der Waals surface area contributed by atoms with Crippen molar-refractivity contribution in [1.82, 2.24) is 9.27 Å². The van der Waals surface area contributed by atoms with Crippen molar-refractivity contribution in [3.63, 3.8) is 0 Å². The van der Waals surface area contributed by atoms with Crippen LogP contribution in [-0.4, -0.2) is 34.9 Å². The number of nitriles is 1. The summed E-state index contributed by atoms with van der Waals surface area (Å²) in [6.45, 7) is 5.50. The van der Waals surface area contributed by atoms with Crippen molar-refractivity contribution in [2.75, 3.05) is 25.0 Å². The Kier molecular flexibility index (Phi) is 5.44. The van der Waals surface area contributed by atoms with Gasteiger partial charge >= 0.3 is 0 Å². The highest BCUT2D eigenvalue weighted by atomic mass is 35.5. The van der Waals surface area contributed by atoms with Crippen molar-refractivity contribution < 1.29 is 0 Å². The van der Waals surface area contributed by atoms with E-state index in [1.807, 2.05) is 0 Å². The molecule has 0 radical (unpaired) electrons. The molecule has 1 N–H and O–H groups in total. The molecule has 1 aromatic heterocycles. The molecule has 1 fully saturated rings. The molecule has 4 nitrogen and oxygen atoms in total. The maximum atomic E-state index is 8.97. The molecular weight excluding hydrogens is 280 g/mol. The molecule has 19 heavy (non-hydrogen) atoms. The average Bonchev–Trinajstić information content (AvgIpc) is 2.77. The first kappa shape index (κ1) is 14.6. The second-order valence-corrected chi connectivity index (χ2v) is 6.08. The fourth-order valence-corrected chi connectivity index (χ4v) is 3.42. The summed E-state index contributed by atoms with van der Waals surface area (Å²) in [5.74, 6) is 0. The molecule has 2 rings (SSSR count). The van der Waals surface area contributed by atoms with Crippen LogP contribution in [0.2, 0.25) is 5.15 Å². The summed E-state index contributed by atoms with van der Waals surface area (Å²) in [6, 6.07) is 2.79. The summed E-state index contributed by atoms with van der Waals surface area (Å²) >= 11 is 7.09. The summed E-state index contributed by atoms with van der Waals surface area (Å²) < 4.78 is 3.98. The number of rotatable bonds is 5. The van der Waals surface area contributed by atoms with Gasteiger partial charge in [0.05, 0.1) is 0 Å². The average molecular weight is 299 g/mol. The van der Waals surface area contributed by atoms with Crippen LogP contribution in [0, 0.1) is 11.3 Å². The Bertz CT molecular complexity index is 454. The van der Waals surface area contributed by atoms with Crippen LogP contribution in [0.25, 0.3) is 0 Å². The van der Waals surface area contributed by atoms with Gasteiger partial charge < -0.3 is 10.2 Å². The van der Waals surface area contributed by atoms with Crippen LogP contribution in [-0.2, 0) is 0 Å². The molecule has 104 valence electrons. The van der Waals surface area contributed by atoms with Crippen molar-refractivity contribution in [3.05, 3.63) is 10.7 Å². The minimum Gasteiger partial charge on any atom is -0.374 e. The van der Waals surface area contributed by atoms with E-state index in [4.69, 9.17) is 16.9 Å². The number of anilines is 1. The van der Waals surface area contributed by atoms with Crippen LogP contribution in [0.15, 0.2) is 0 Å². The van der Waals surface area contributed by atoms with E-state index >= 15 is 0 Å². The zero-order chi connectivity index (χ0) is 13.7. The quantitative estimate of drug-likeness (QED) is 0.847. The predicted molar refractivity (Wildman–Crippen MR) is 79.8 cm³/mol. The Morgan fingerprint density at radius 2 is 2.42 bits per heavy atom. The summed E-state index contributed by atoms with van der Waals surface area (Å²) in [5.41, 5.74) is 0.470. The lowest BCUT2D eigenvalue weighted by molar-refractivity contribution is 0.160. The molecule has 0 amide bonds. The van der Waals surface area contributed by atoms with Crippen LogP contribution in [0.4, 0.5) is 5.00 Å². The Morgan fingerprint density at radius 1 is 1.58 bits per heavy atom. The van der Waals surface area contributed by atoms with Gasteiger partial charge in [0.1, 0.15) is 16.6 Å². The highest BCUT2D eigenvalue weighted by molar-refractivity contribution is 7.10. The monoisotopic (exact) mass is 298 g/mol. The Labute approximate surface area is 123 Å². The molecule has 1 aliphatic rings. The van der Waals surface area contributed by atoms with E-state index < -0.39 is 0 Å². The summed E-state index contributed by atoms with van der Waals surface area (Å²) in [6.07, 6.45) is 5.07. The van der Waals surface area contributed by atoms with E-state index in [0.717, 1.165) is 24.5 Å². The van der Waals surface area contributed by atoms with Crippen LogP contribution in [0.5, 0.6) is 0 Å². The van der Waals surface area contributed by atoms with Gasteiger partial charge in [-0.3, -0.25) is 0 Å². The minimum atomic E-state index is 0.305. The van der Waals surface area contributed by atoms with E-state index in [1.165, 1.54) is 37.3 Å². The Balaban J connectivity index is 1.73. The van der Waals surface area contributed by atoms with Gasteiger partial charge in [-0.05, 0) is 44.3 Å². The third-order valence-corrected chi connectivity index (χ3v) is 4.79. The first-order valence-electron chi connectivity index (χ1n) is 6.75. The van der Waals surface area contributed by atoms with E-state index in [2.05, 4.69) is 27.6 Å². The second-order valence-electron chi connectivity index (χ2n) is 4.95. The van der Waals surface area contributed by atoms with E-state index in [0.29, 0.717) is 16.8 Å². The maximum absolute atomic E-state index is 8.97. The molecular formula is C13H19ClN4S. The van der Waals surface area contributed by atoms with Gasteiger partial charge in [-0.25, -0.2) is 0 Å². The minimum absolute atomic E-state index is 0.305. The molecule has 0 bridgehead atoms. The molecule has 1 aromatic rings. The van der Waals surface area contributed by atoms with Gasteiger partial charge in [0.2, 0.25) is 0 Å². The normalized spacial score (nSPS) is 20.2. The first-order chi connectivity index (χ1) is 9.22. The predicted octanol–water partition coefficient (Wildman–Crippen LogP) is 3.34. The lowest BCUT2D eigenvalue weighted by atomic mass is 10.0. The van der Waals surface area contributed by atoms with E-state index in [-0.39, 0.29) is 0 Å². The topological polar surface area (TPSA) is 52.0 Å². The number of hydrogen-bond acceptors (Lipinski definition) is 5. The molecule has 0 saturated carbocycles. The van der Waals surface area contributed by atoms with E-state index in [9.17, 15) is 0 Å². The number of halogens is 1. The molecule has 0 spiro atoms. The van der Waals surface area contributed by atoms with Crippen molar-refractivity contribution in [2.45, 2.75) is 38.6 Å². The van der Waals surface area contributed by atoms with Crippen LogP contribution in [0.3, 0.4) is 0 Å². The zero-order valence-corrected chi connectivity index (χ0v) is 12.7. The first-order valence-corrected chi connectivity index (χ1v) is 7.90. The molecule has 6 heteroatoms. The number of aromatic nitrogens is 1. The van der Waals surface area contributed by atoms with Crippen molar-refractivity contribution in [2.24, 2.45) is 0 Å². The lowest BCUT2D eigenvalue weighted by Crippen LogP contribution is -2.38. The number of hydrogen-bond donors (Lipinski definition) is 1. The van der Waals surface area contributed by atoms with Crippen molar-refractivity contribution >= 4 is 28.1 Å². The van der Waals surface area contributed by atoms with Gasteiger partial charge in [-0.15, -0.1) is 0 Å². The van der Waals surface area contributed by atoms with Crippen LogP contribution in [0.1, 0.15) is 38.2 Å². The highest BCUT2D eigenvalue weighted by Gasteiger charge is 2.17. The molecule has 1 saturated heterocycles. The Morgan fingerprint density at radius 3 is 3.16 bits per heavy atom. The van der Waals surface area contributed by atoms with Crippen molar-refractivity contribution in [1.29, 1.82) is 5.26 Å². The number of likely N-dealkylation sites (tertiary alicyclic amines) is 1. The molecule has 1 atom stereocenters. The smallest absolute Gasteiger partial charge is 0.162 e. The maximum Gasteiger partial charge on any atom is 0.162 e. The summed E-state index contributed by atoms with van der Waals surface area (Å²) in [7, 11) is 0. The highest BCUT2D eigenvalue weighted by Crippen LogP contribution is 2.27. The summed E-state index contributed by atoms with van der Waals surface area (Å²) in [4.78, 5) is 2.55. The van der Waals surface area contributed by atoms with Gasteiger partial charge in [0.25, 0.3) is 0 Å². The number of piperidine rings is 1. The SMILES string of the molecule is C[C@H]1CCCCN1CCCNc1snc(Cl)c1C#N. The van der Waals surface area contributed by atoms with Crippen LogP contribution >= 0.6 is 23.1 Å². The fourth-order valence-electron chi connectivity index (χ4n) is 2.46. The van der Waals surface area contributed by atoms with Gasteiger partial charge in [0, 0.05) is 19.1 Å². The fraction of sp³-hybridized carbons (Fsp3) is 0.692. The van der Waals surface area contributed by atoms with Gasteiger partial charge in [-0.1, -0.05) is 18.0 Å². The largest absolute Gasteiger partial charge is 0.374 e. The summed E-state index contributed by atoms with van der Waals surface area (Å²) in [5, 5.41) is 13.3. The third kappa shape index (κ3) is 3.82. The van der Waals surface area contributed by atoms with E-state index in [1.54, 1.807) is 0 Å². The third-order valence-electron chi connectivity index (χ3n) is 3.61. The molecule has 1 aliphatic heterocycles. The van der Waals surface area contributed by atoms with Crippen molar-refractivity contribution in [3.8, 4) is 6.07 Å². The van der Waals surface area contributed by atoms with Crippen LogP contribution < -0.4 is 5.32 Å². The van der Waals surface area contributed by atoms with Gasteiger partial charge in [-0.2, -0.15) is 9.64 Å². The molecule has 0 aromatic carbocycles. The zero-order valence-electron chi connectivity index (χ0n) is 11.2. The number of nitrogens with one attached hydrogen (secondary N) is 1.